The molecule has 19 heavy (non-hydrogen) atoms. The second kappa shape index (κ2) is 5.14. The maximum Gasteiger partial charge on any atom is 0.250 e. The van der Waals surface area contributed by atoms with Gasteiger partial charge in [-0.05, 0) is 25.0 Å². The summed E-state index contributed by atoms with van der Waals surface area (Å²) in [5, 5.41) is 4.50. The number of nitrogens with two attached hydrogens (primary N) is 2. The minimum absolute atomic E-state index is 0.447. The third-order valence-corrected chi connectivity index (χ3v) is 3.17. The molecule has 0 saturated heterocycles. The van der Waals surface area contributed by atoms with E-state index in [1.54, 1.807) is 16.8 Å². The monoisotopic (exact) mass is 258 g/mol. The highest BCUT2D eigenvalue weighted by atomic mass is 16.1. The Morgan fingerprint density at radius 1 is 1.26 bits per heavy atom. The number of primary amides is 1. The Labute approximate surface area is 112 Å². The number of aromatic nitrogens is 2. The number of hydrogen-bond donors (Lipinski definition) is 2. The Bertz CT molecular complexity index is 616. The molecule has 4 N–H and O–H groups in total. The molecule has 1 amide bonds. The number of hydrogen-bond acceptors (Lipinski definition) is 3. The molecule has 5 heteroatoms. The van der Waals surface area contributed by atoms with E-state index >= 15 is 0 Å². The van der Waals surface area contributed by atoms with Crippen LogP contribution in [-0.4, -0.2) is 15.7 Å². The van der Waals surface area contributed by atoms with E-state index < -0.39 is 5.91 Å². The molecule has 0 unspecified atom stereocenters. The van der Waals surface area contributed by atoms with Gasteiger partial charge in [0.25, 0.3) is 5.91 Å². The van der Waals surface area contributed by atoms with E-state index in [0.29, 0.717) is 16.9 Å². The number of anilines is 1. The summed E-state index contributed by atoms with van der Waals surface area (Å²) in [6, 6.07) is 7.15. The molecule has 2 aromatic rings. The summed E-state index contributed by atoms with van der Waals surface area (Å²) >= 11 is 0. The lowest BCUT2D eigenvalue weighted by atomic mass is 10.1. The van der Waals surface area contributed by atoms with Crippen LogP contribution < -0.4 is 11.5 Å². The molecule has 1 heterocycles. The fourth-order valence-electron chi connectivity index (χ4n) is 2.18. The topological polar surface area (TPSA) is 86.9 Å². The van der Waals surface area contributed by atoms with Crippen LogP contribution in [0.15, 0.2) is 24.3 Å². The Kier molecular flexibility index (Phi) is 3.55. The molecule has 0 aliphatic rings. The molecule has 100 valence electrons. The number of rotatable bonds is 4. The highest BCUT2D eigenvalue weighted by Crippen LogP contribution is 2.24. The fourth-order valence-corrected chi connectivity index (χ4v) is 2.18. The van der Waals surface area contributed by atoms with Crippen LogP contribution in [-0.2, 0) is 12.8 Å². The molecule has 0 aliphatic heterocycles. The normalized spacial score (nSPS) is 10.6. The SMILES string of the molecule is CCc1nn(-c2ccccc2C(N)=O)c(CC)c1N. The summed E-state index contributed by atoms with van der Waals surface area (Å²) in [5.41, 5.74) is 15.1. The van der Waals surface area contributed by atoms with Gasteiger partial charge in [0, 0.05) is 0 Å². The van der Waals surface area contributed by atoms with Crippen LogP contribution in [0.5, 0.6) is 0 Å². The van der Waals surface area contributed by atoms with E-state index in [2.05, 4.69) is 5.10 Å². The molecule has 0 radical (unpaired) electrons. The van der Waals surface area contributed by atoms with Crippen molar-refractivity contribution in [3.63, 3.8) is 0 Å². The van der Waals surface area contributed by atoms with Crippen molar-refractivity contribution in [2.45, 2.75) is 26.7 Å². The number of carbonyl (C=O) groups excluding carboxylic acids is 1. The number of nitrogens with zero attached hydrogens (tertiary/aromatic N) is 2. The molecule has 0 atom stereocenters. The Balaban J connectivity index is 2.68. The second-order valence-corrected chi connectivity index (χ2v) is 4.31. The maximum atomic E-state index is 11.5. The molecule has 0 spiro atoms. The van der Waals surface area contributed by atoms with Crippen LogP contribution in [0.2, 0.25) is 0 Å². The largest absolute Gasteiger partial charge is 0.396 e. The number of benzene rings is 1. The summed E-state index contributed by atoms with van der Waals surface area (Å²) in [7, 11) is 0. The first-order chi connectivity index (χ1) is 9.10. The van der Waals surface area contributed by atoms with Crippen LogP contribution in [0.1, 0.15) is 35.6 Å². The van der Waals surface area contributed by atoms with E-state index in [9.17, 15) is 4.79 Å². The van der Waals surface area contributed by atoms with E-state index in [0.717, 1.165) is 24.2 Å². The minimum atomic E-state index is -0.468. The van der Waals surface area contributed by atoms with Gasteiger partial charge >= 0.3 is 0 Å². The van der Waals surface area contributed by atoms with Gasteiger partial charge in [0.05, 0.1) is 28.3 Å². The number of nitrogen functional groups attached to an aromatic ring is 1. The smallest absolute Gasteiger partial charge is 0.250 e. The van der Waals surface area contributed by atoms with Gasteiger partial charge in [-0.2, -0.15) is 5.10 Å². The molecule has 5 nitrogen and oxygen atoms in total. The lowest BCUT2D eigenvalue weighted by Gasteiger charge is -2.09. The van der Waals surface area contributed by atoms with Crippen molar-refractivity contribution in [3.05, 3.63) is 41.2 Å². The number of carbonyl (C=O) groups is 1. The van der Waals surface area contributed by atoms with Gasteiger partial charge in [-0.1, -0.05) is 26.0 Å². The first kappa shape index (κ1) is 13.1. The van der Waals surface area contributed by atoms with Gasteiger partial charge in [-0.25, -0.2) is 4.68 Å². The van der Waals surface area contributed by atoms with E-state index in [4.69, 9.17) is 11.5 Å². The summed E-state index contributed by atoms with van der Waals surface area (Å²) in [5.74, 6) is -0.468. The number of para-hydroxylation sites is 1. The highest BCUT2D eigenvalue weighted by molar-refractivity contribution is 5.96. The highest BCUT2D eigenvalue weighted by Gasteiger charge is 2.17. The zero-order valence-electron chi connectivity index (χ0n) is 11.2. The second-order valence-electron chi connectivity index (χ2n) is 4.31. The number of aryl methyl sites for hydroxylation is 1. The van der Waals surface area contributed by atoms with Crippen molar-refractivity contribution >= 4 is 11.6 Å². The van der Waals surface area contributed by atoms with Crippen molar-refractivity contribution < 1.29 is 4.79 Å². The number of amides is 1. The zero-order valence-corrected chi connectivity index (χ0v) is 11.2. The fraction of sp³-hybridized carbons (Fsp3) is 0.286. The minimum Gasteiger partial charge on any atom is -0.396 e. The van der Waals surface area contributed by atoms with Gasteiger partial charge in [0.2, 0.25) is 0 Å². The first-order valence-corrected chi connectivity index (χ1v) is 6.35. The summed E-state index contributed by atoms with van der Waals surface area (Å²) in [6.45, 7) is 4.01. The average Bonchev–Trinajstić information content (AvgIpc) is 2.74. The van der Waals surface area contributed by atoms with Crippen molar-refractivity contribution in [2.24, 2.45) is 5.73 Å². The van der Waals surface area contributed by atoms with Gasteiger partial charge < -0.3 is 11.5 Å². The molecular weight excluding hydrogens is 240 g/mol. The molecule has 0 aliphatic carbocycles. The molecule has 0 fully saturated rings. The van der Waals surface area contributed by atoms with Gasteiger partial charge in [0.1, 0.15) is 0 Å². The lowest BCUT2D eigenvalue weighted by molar-refractivity contribution is 0.1000. The van der Waals surface area contributed by atoms with Crippen LogP contribution in [0.3, 0.4) is 0 Å². The Morgan fingerprint density at radius 2 is 1.95 bits per heavy atom. The van der Waals surface area contributed by atoms with Crippen molar-refractivity contribution in [2.75, 3.05) is 5.73 Å². The molecule has 1 aromatic carbocycles. The average molecular weight is 258 g/mol. The van der Waals surface area contributed by atoms with Gasteiger partial charge in [0.15, 0.2) is 0 Å². The Hall–Kier alpha value is -2.30. The predicted molar refractivity (Wildman–Crippen MR) is 75.3 cm³/mol. The van der Waals surface area contributed by atoms with Crippen molar-refractivity contribution in [3.8, 4) is 5.69 Å². The summed E-state index contributed by atoms with van der Waals surface area (Å²) in [4.78, 5) is 11.5. The molecule has 1 aromatic heterocycles. The third kappa shape index (κ3) is 2.19. The quantitative estimate of drug-likeness (QED) is 0.874. The summed E-state index contributed by atoms with van der Waals surface area (Å²) in [6.07, 6.45) is 1.50. The first-order valence-electron chi connectivity index (χ1n) is 6.35. The van der Waals surface area contributed by atoms with E-state index in [-0.39, 0.29) is 0 Å². The van der Waals surface area contributed by atoms with Crippen LogP contribution in [0.4, 0.5) is 5.69 Å². The van der Waals surface area contributed by atoms with E-state index in [1.807, 2.05) is 26.0 Å². The lowest BCUT2D eigenvalue weighted by Crippen LogP contribution is -2.16. The molecule has 0 saturated carbocycles. The van der Waals surface area contributed by atoms with Crippen molar-refractivity contribution in [1.82, 2.24) is 9.78 Å². The van der Waals surface area contributed by atoms with Crippen LogP contribution in [0.25, 0.3) is 5.69 Å². The van der Waals surface area contributed by atoms with E-state index in [1.165, 1.54) is 0 Å². The van der Waals surface area contributed by atoms with Crippen LogP contribution >= 0.6 is 0 Å². The molecule has 2 rings (SSSR count). The van der Waals surface area contributed by atoms with Crippen LogP contribution in [0, 0.1) is 0 Å². The van der Waals surface area contributed by atoms with Gasteiger partial charge in [-0.3, -0.25) is 4.79 Å². The maximum absolute atomic E-state index is 11.5. The zero-order chi connectivity index (χ0) is 14.0. The molecular formula is C14H18N4O. The standard InChI is InChI=1S/C14H18N4O/c1-3-10-13(15)11(4-2)18(17-10)12-8-6-5-7-9(12)14(16)19/h5-8H,3-4,15H2,1-2H3,(H2,16,19). The molecule has 0 bridgehead atoms. The van der Waals surface area contributed by atoms with Crippen molar-refractivity contribution in [1.29, 1.82) is 0 Å². The van der Waals surface area contributed by atoms with Gasteiger partial charge in [-0.15, -0.1) is 0 Å². The Morgan fingerprint density at radius 3 is 2.53 bits per heavy atom. The predicted octanol–water partition coefficient (Wildman–Crippen LogP) is 1.68. The third-order valence-electron chi connectivity index (χ3n) is 3.17. The summed E-state index contributed by atoms with van der Waals surface area (Å²) < 4.78 is 1.73.